The van der Waals surface area contributed by atoms with Crippen LogP contribution in [0.1, 0.15) is 5.56 Å². The molecule has 0 spiro atoms. The summed E-state index contributed by atoms with van der Waals surface area (Å²) in [5.41, 5.74) is 0.849. The van der Waals surface area contributed by atoms with Gasteiger partial charge in [0.1, 0.15) is 11.5 Å². The summed E-state index contributed by atoms with van der Waals surface area (Å²) in [7, 11) is 0. The summed E-state index contributed by atoms with van der Waals surface area (Å²) in [6.45, 7) is 1.69. The van der Waals surface area contributed by atoms with Gasteiger partial charge in [0.15, 0.2) is 6.61 Å². The number of halogens is 3. The van der Waals surface area contributed by atoms with E-state index < -0.39 is 5.97 Å². The highest BCUT2D eigenvalue weighted by Crippen LogP contribution is 2.34. The molecule has 128 valence electrons. The molecule has 0 fully saturated rings. The van der Waals surface area contributed by atoms with Gasteiger partial charge in [0.25, 0.3) is 0 Å². The van der Waals surface area contributed by atoms with Gasteiger partial charge in [-0.25, -0.2) is 4.79 Å². The molecule has 3 rings (SSSR count). The van der Waals surface area contributed by atoms with E-state index in [4.69, 9.17) is 9.47 Å². The van der Waals surface area contributed by atoms with Crippen molar-refractivity contribution in [2.45, 2.75) is 6.92 Å². The van der Waals surface area contributed by atoms with Crippen molar-refractivity contribution in [3.05, 3.63) is 67.5 Å². The summed E-state index contributed by atoms with van der Waals surface area (Å²) in [5.74, 6) is 0.628. The van der Waals surface area contributed by atoms with Crippen LogP contribution in [0.3, 0.4) is 0 Å². The third-order valence-electron chi connectivity index (χ3n) is 3.58. The van der Waals surface area contributed by atoms with Gasteiger partial charge in [-0.15, -0.1) is 0 Å². The second kappa shape index (κ2) is 7.89. The van der Waals surface area contributed by atoms with Crippen LogP contribution >= 0.6 is 47.8 Å². The molecule has 0 bridgehead atoms. The minimum atomic E-state index is -0.466. The van der Waals surface area contributed by atoms with Gasteiger partial charge in [0.05, 0.1) is 8.95 Å². The van der Waals surface area contributed by atoms with Crippen LogP contribution in [0.25, 0.3) is 10.8 Å². The van der Waals surface area contributed by atoms with Crippen LogP contribution < -0.4 is 9.47 Å². The van der Waals surface area contributed by atoms with E-state index in [1.165, 1.54) is 0 Å². The highest BCUT2D eigenvalue weighted by atomic mass is 79.9. The second-order valence-corrected chi connectivity index (χ2v) is 7.96. The molecule has 0 radical (unpaired) electrons. The summed E-state index contributed by atoms with van der Waals surface area (Å²) in [6.07, 6.45) is 0. The molecule has 3 nitrogen and oxygen atoms in total. The summed E-state index contributed by atoms with van der Waals surface area (Å²) >= 11 is 10.3. The fraction of sp³-hybridized carbons (Fsp3) is 0.105. The lowest BCUT2D eigenvalue weighted by Gasteiger charge is -2.12. The second-order valence-electron chi connectivity index (χ2n) is 5.40. The largest absolute Gasteiger partial charge is 0.481 e. The van der Waals surface area contributed by atoms with Crippen molar-refractivity contribution in [1.29, 1.82) is 0 Å². The third kappa shape index (κ3) is 4.25. The van der Waals surface area contributed by atoms with E-state index in [2.05, 4.69) is 47.8 Å². The Balaban J connectivity index is 1.72. The molecule has 0 N–H and O–H groups in total. The Hall–Kier alpha value is -1.37. The van der Waals surface area contributed by atoms with Crippen molar-refractivity contribution < 1.29 is 14.3 Å². The van der Waals surface area contributed by atoms with E-state index in [9.17, 15) is 4.79 Å². The Bertz CT molecular complexity index is 931. The number of aryl methyl sites for hydroxylation is 1. The summed E-state index contributed by atoms with van der Waals surface area (Å²) in [6, 6.07) is 15.4. The van der Waals surface area contributed by atoms with E-state index in [0.717, 1.165) is 25.3 Å². The number of fused-ring (bicyclic) bond motifs is 1. The Kier molecular flexibility index (Phi) is 5.81. The van der Waals surface area contributed by atoms with Crippen LogP contribution in [-0.4, -0.2) is 12.6 Å². The minimum absolute atomic E-state index is 0.182. The van der Waals surface area contributed by atoms with Crippen molar-refractivity contribution in [2.24, 2.45) is 0 Å². The van der Waals surface area contributed by atoms with Gasteiger partial charge in [-0.1, -0.05) is 46.3 Å². The molecule has 0 unspecified atom stereocenters. The normalized spacial score (nSPS) is 10.7. The number of benzene rings is 3. The zero-order valence-electron chi connectivity index (χ0n) is 13.2. The van der Waals surface area contributed by atoms with Gasteiger partial charge in [-0.2, -0.15) is 0 Å². The lowest BCUT2D eigenvalue weighted by Crippen LogP contribution is -2.18. The molecule has 0 aliphatic carbocycles. The first-order chi connectivity index (χ1) is 12.0. The fourth-order valence-electron chi connectivity index (χ4n) is 2.42. The zero-order chi connectivity index (χ0) is 18.0. The number of esters is 1. The van der Waals surface area contributed by atoms with Gasteiger partial charge >= 0.3 is 5.97 Å². The van der Waals surface area contributed by atoms with Crippen LogP contribution in [0.15, 0.2) is 61.9 Å². The van der Waals surface area contributed by atoms with Crippen molar-refractivity contribution >= 4 is 64.5 Å². The quantitative estimate of drug-likeness (QED) is 0.289. The molecule has 0 heterocycles. The molecular formula is C19H13Br3O3. The summed E-state index contributed by atoms with van der Waals surface area (Å²) < 4.78 is 13.5. The third-order valence-corrected chi connectivity index (χ3v) is 5.45. The van der Waals surface area contributed by atoms with Crippen molar-refractivity contribution in [2.75, 3.05) is 6.61 Å². The Morgan fingerprint density at radius 3 is 2.56 bits per heavy atom. The predicted molar refractivity (Wildman–Crippen MR) is 109 cm³/mol. The number of hydrogen-bond acceptors (Lipinski definition) is 3. The molecule has 0 saturated carbocycles. The standard InChI is InChI=1S/C19H13Br3O3/c1-11-8-13(20)9-15(21)19(11)25-17(23)10-24-16-7-6-12-4-2-3-5-14(12)18(16)22/h2-9H,10H2,1H3. The van der Waals surface area contributed by atoms with E-state index in [1.54, 1.807) is 0 Å². The van der Waals surface area contributed by atoms with E-state index in [0.29, 0.717) is 16.0 Å². The minimum Gasteiger partial charge on any atom is -0.481 e. The number of ether oxygens (including phenoxy) is 2. The Labute approximate surface area is 170 Å². The number of carbonyl (C=O) groups is 1. The molecule has 3 aromatic carbocycles. The Morgan fingerprint density at radius 1 is 1.04 bits per heavy atom. The van der Waals surface area contributed by atoms with Gasteiger partial charge < -0.3 is 9.47 Å². The van der Waals surface area contributed by atoms with Crippen molar-refractivity contribution in [3.8, 4) is 11.5 Å². The molecular weight excluding hydrogens is 516 g/mol. The predicted octanol–water partition coefficient (Wildman–Crippen LogP) is 6.42. The maximum atomic E-state index is 12.2. The van der Waals surface area contributed by atoms with Crippen LogP contribution in [0.4, 0.5) is 0 Å². The Morgan fingerprint density at radius 2 is 1.80 bits per heavy atom. The van der Waals surface area contributed by atoms with Gasteiger partial charge in [0.2, 0.25) is 0 Å². The topological polar surface area (TPSA) is 35.5 Å². The molecule has 0 aliphatic heterocycles. The van der Waals surface area contributed by atoms with E-state index in [-0.39, 0.29) is 6.61 Å². The molecule has 6 heteroatoms. The first kappa shape index (κ1) is 18.4. The van der Waals surface area contributed by atoms with Crippen LogP contribution in [-0.2, 0) is 4.79 Å². The molecule has 0 aliphatic rings. The first-order valence-corrected chi connectivity index (χ1v) is 9.80. The molecule has 3 aromatic rings. The highest BCUT2D eigenvalue weighted by molar-refractivity contribution is 9.11. The fourth-order valence-corrected chi connectivity index (χ4v) is 4.55. The monoisotopic (exact) mass is 526 g/mol. The van der Waals surface area contributed by atoms with Gasteiger partial charge in [0, 0.05) is 4.47 Å². The molecule has 0 amide bonds. The van der Waals surface area contributed by atoms with Gasteiger partial charge in [-0.3, -0.25) is 0 Å². The number of rotatable bonds is 4. The lowest BCUT2D eigenvalue weighted by molar-refractivity contribution is -0.136. The van der Waals surface area contributed by atoms with Crippen LogP contribution in [0, 0.1) is 6.92 Å². The highest BCUT2D eigenvalue weighted by Gasteiger charge is 2.14. The number of hydrogen-bond donors (Lipinski definition) is 0. The van der Waals surface area contributed by atoms with Crippen LogP contribution in [0.5, 0.6) is 11.5 Å². The van der Waals surface area contributed by atoms with Crippen LogP contribution in [0.2, 0.25) is 0 Å². The molecule has 25 heavy (non-hydrogen) atoms. The maximum absolute atomic E-state index is 12.2. The van der Waals surface area contributed by atoms with Gasteiger partial charge in [-0.05, 0) is 73.3 Å². The molecule has 0 saturated heterocycles. The SMILES string of the molecule is Cc1cc(Br)cc(Br)c1OC(=O)COc1ccc2ccccc2c1Br. The summed E-state index contributed by atoms with van der Waals surface area (Å²) in [4.78, 5) is 12.2. The average molecular weight is 529 g/mol. The van der Waals surface area contributed by atoms with E-state index in [1.807, 2.05) is 55.5 Å². The maximum Gasteiger partial charge on any atom is 0.349 e. The summed E-state index contributed by atoms with van der Waals surface area (Å²) in [5, 5.41) is 2.12. The average Bonchev–Trinajstić information content (AvgIpc) is 2.58. The lowest BCUT2D eigenvalue weighted by atomic mass is 10.1. The molecule has 0 atom stereocenters. The first-order valence-electron chi connectivity index (χ1n) is 7.42. The van der Waals surface area contributed by atoms with Crippen molar-refractivity contribution in [1.82, 2.24) is 0 Å². The molecule has 0 aromatic heterocycles. The van der Waals surface area contributed by atoms with Crippen molar-refractivity contribution in [3.63, 3.8) is 0 Å². The zero-order valence-corrected chi connectivity index (χ0v) is 17.9. The van der Waals surface area contributed by atoms with E-state index >= 15 is 0 Å². The number of carbonyl (C=O) groups excluding carboxylic acids is 1. The smallest absolute Gasteiger partial charge is 0.349 e.